The summed E-state index contributed by atoms with van der Waals surface area (Å²) in [5.41, 5.74) is 0.918. The molecule has 2 saturated heterocycles. The van der Waals surface area contributed by atoms with E-state index in [-0.39, 0.29) is 47.9 Å². The topological polar surface area (TPSA) is 139 Å². The van der Waals surface area contributed by atoms with E-state index < -0.39 is 18.1 Å². The Morgan fingerprint density at radius 3 is 2.40 bits per heavy atom. The molecule has 276 valence electrons. The number of nitrogens with one attached hydrogen (secondary N) is 2. The van der Waals surface area contributed by atoms with E-state index in [9.17, 15) is 19.5 Å². The number of carbonyl (C=O) groups excluding carboxylic acids is 3. The molecule has 0 saturated carbocycles. The number of aliphatic hydroxyl groups is 1. The van der Waals surface area contributed by atoms with Gasteiger partial charge < -0.3 is 39.6 Å². The number of aliphatic hydroxyl groups excluding tert-OH is 1. The highest BCUT2D eigenvalue weighted by atomic mass is 16.6. The first-order chi connectivity index (χ1) is 22.7. The van der Waals surface area contributed by atoms with Gasteiger partial charge in [-0.25, -0.2) is 9.59 Å². The van der Waals surface area contributed by atoms with Crippen molar-refractivity contribution in [1.82, 2.24) is 15.5 Å². The Labute approximate surface area is 289 Å². The maximum absolute atomic E-state index is 12.7. The summed E-state index contributed by atoms with van der Waals surface area (Å²) < 4.78 is 22.9. The van der Waals surface area contributed by atoms with E-state index in [4.69, 9.17) is 18.9 Å². The average Bonchev–Trinajstić information content (AvgIpc) is 3.71. The normalized spacial score (nSPS) is 27.4. The Morgan fingerprint density at radius 2 is 1.79 bits per heavy atom. The highest BCUT2D eigenvalue weighted by molar-refractivity contribution is 5.83. The molecule has 2 rings (SSSR count). The van der Waals surface area contributed by atoms with E-state index in [1.807, 2.05) is 13.8 Å². The van der Waals surface area contributed by atoms with Gasteiger partial charge in [-0.2, -0.15) is 0 Å². The van der Waals surface area contributed by atoms with Crippen molar-refractivity contribution in [3.63, 3.8) is 0 Å². The minimum absolute atomic E-state index is 0.0423. The number of carbonyl (C=O) groups is 3. The van der Waals surface area contributed by atoms with Gasteiger partial charge in [0.05, 0.1) is 49.7 Å². The zero-order valence-electron chi connectivity index (χ0n) is 31.3. The lowest BCUT2D eigenvalue weighted by Gasteiger charge is -2.35. The SMILES string of the molecule is CCN(CC)C(=O)N[C@H](CCCCNC(=O)C[C@H]1CC[C@H](C)[C@@H](/C(C)=C/C=C/[C@@H](C)C[C@@]2(C)O[C@@H]2[C@H](C)[C@@H](OC)[C@@H](C)O)O1)C(=O)OC. The van der Waals surface area contributed by atoms with Crippen LogP contribution in [-0.4, -0.2) is 104 Å². The van der Waals surface area contributed by atoms with Crippen molar-refractivity contribution < 1.29 is 38.4 Å². The number of urea groups is 1. The predicted octanol–water partition coefficient (Wildman–Crippen LogP) is 5.16. The quantitative estimate of drug-likeness (QED) is 0.0695. The van der Waals surface area contributed by atoms with Crippen molar-refractivity contribution in [2.24, 2.45) is 17.8 Å². The zero-order valence-corrected chi connectivity index (χ0v) is 31.3. The fourth-order valence-electron chi connectivity index (χ4n) is 7.14. The lowest BCUT2D eigenvalue weighted by Crippen LogP contribution is -2.48. The van der Waals surface area contributed by atoms with E-state index in [2.05, 4.69) is 63.5 Å². The van der Waals surface area contributed by atoms with Crippen LogP contribution in [0.5, 0.6) is 0 Å². The molecule has 0 aromatic heterocycles. The largest absolute Gasteiger partial charge is 0.467 e. The van der Waals surface area contributed by atoms with Crippen molar-refractivity contribution in [3.05, 3.63) is 23.8 Å². The van der Waals surface area contributed by atoms with Gasteiger partial charge in [0, 0.05) is 32.7 Å². The average molecular weight is 680 g/mol. The molecule has 2 aliphatic rings. The number of hydrogen-bond acceptors (Lipinski definition) is 8. The number of amides is 3. The minimum Gasteiger partial charge on any atom is -0.467 e. The molecule has 0 aromatic carbocycles. The van der Waals surface area contributed by atoms with Crippen LogP contribution in [0.3, 0.4) is 0 Å². The van der Waals surface area contributed by atoms with Gasteiger partial charge in [0.2, 0.25) is 5.91 Å². The zero-order chi connectivity index (χ0) is 36.0. The van der Waals surface area contributed by atoms with Crippen LogP contribution in [-0.2, 0) is 28.5 Å². The number of methoxy groups -OCH3 is 2. The fraction of sp³-hybridized carbons (Fsp3) is 0.811. The molecular formula is C37H65N3O8. The molecule has 0 unspecified atom stereocenters. The molecule has 3 amide bonds. The smallest absolute Gasteiger partial charge is 0.328 e. The third-order valence-electron chi connectivity index (χ3n) is 9.95. The summed E-state index contributed by atoms with van der Waals surface area (Å²) in [6, 6.07) is -1.00. The predicted molar refractivity (Wildman–Crippen MR) is 187 cm³/mol. The molecule has 10 atom stereocenters. The molecular weight excluding hydrogens is 614 g/mol. The Morgan fingerprint density at radius 1 is 1.10 bits per heavy atom. The van der Waals surface area contributed by atoms with Crippen molar-refractivity contribution in [1.29, 1.82) is 0 Å². The van der Waals surface area contributed by atoms with Crippen LogP contribution in [0.25, 0.3) is 0 Å². The maximum Gasteiger partial charge on any atom is 0.328 e. The van der Waals surface area contributed by atoms with Crippen molar-refractivity contribution in [2.45, 2.75) is 142 Å². The Bertz CT molecular complexity index is 1080. The number of allylic oxidation sites excluding steroid dienone is 3. The van der Waals surface area contributed by atoms with Gasteiger partial charge in [-0.1, -0.05) is 39.0 Å². The molecule has 2 fully saturated rings. The van der Waals surface area contributed by atoms with Gasteiger partial charge in [0.1, 0.15) is 6.04 Å². The van der Waals surface area contributed by atoms with Gasteiger partial charge in [0.25, 0.3) is 0 Å². The maximum atomic E-state index is 12.7. The first-order valence-corrected chi connectivity index (χ1v) is 18.0. The Kier molecular flexibility index (Phi) is 17.6. The summed E-state index contributed by atoms with van der Waals surface area (Å²) >= 11 is 0. The van der Waals surface area contributed by atoms with E-state index in [1.54, 1.807) is 18.9 Å². The van der Waals surface area contributed by atoms with Crippen molar-refractivity contribution >= 4 is 17.9 Å². The van der Waals surface area contributed by atoms with Crippen LogP contribution in [0.1, 0.15) is 100 Å². The third-order valence-corrected chi connectivity index (χ3v) is 9.95. The van der Waals surface area contributed by atoms with E-state index >= 15 is 0 Å². The summed E-state index contributed by atoms with van der Waals surface area (Å²) in [5, 5.41) is 15.8. The minimum atomic E-state index is -0.718. The summed E-state index contributed by atoms with van der Waals surface area (Å²) in [4.78, 5) is 39.0. The highest BCUT2D eigenvalue weighted by Crippen LogP contribution is 2.47. The summed E-state index contributed by atoms with van der Waals surface area (Å²) in [6.45, 7) is 17.8. The molecule has 11 nitrogen and oxygen atoms in total. The fourth-order valence-corrected chi connectivity index (χ4v) is 7.14. The van der Waals surface area contributed by atoms with Crippen LogP contribution in [0.2, 0.25) is 0 Å². The standard InChI is InChI=1S/C37H65N3O8/c1-11-40(12-2)36(44)39-30(35(43)46-10)18-13-14-21-38-31(42)22-29-20-19-26(5)32(47-29)25(4)17-15-16-24(3)23-37(8)34(48-37)27(6)33(45-9)28(7)41/h15-17,24,26-30,32-34,41H,11-14,18-23H2,1-10H3,(H,38,42)(H,39,44)/b16-15+,25-17+/t24-,26+,27-,28-,29-,30-,32-,33-,34-,37-/m1/s1. The van der Waals surface area contributed by atoms with Crippen LogP contribution >= 0.6 is 0 Å². The summed E-state index contributed by atoms with van der Waals surface area (Å²) in [5.74, 6) is 0.254. The number of hydrogen-bond donors (Lipinski definition) is 3. The number of unbranched alkanes of at least 4 members (excludes halogenated alkanes) is 1. The van der Waals surface area contributed by atoms with Gasteiger partial charge in [-0.05, 0) is 90.6 Å². The number of ether oxygens (including phenoxy) is 4. The van der Waals surface area contributed by atoms with Gasteiger partial charge in [0.15, 0.2) is 0 Å². The molecule has 2 heterocycles. The molecule has 0 aliphatic carbocycles. The van der Waals surface area contributed by atoms with E-state index in [0.717, 1.165) is 24.8 Å². The van der Waals surface area contributed by atoms with Crippen LogP contribution in [0.4, 0.5) is 4.79 Å². The lowest BCUT2D eigenvalue weighted by molar-refractivity contribution is -0.143. The second-order valence-corrected chi connectivity index (χ2v) is 14.1. The van der Waals surface area contributed by atoms with Gasteiger partial charge in [-0.3, -0.25) is 4.79 Å². The third kappa shape index (κ3) is 12.8. The molecule has 0 aromatic rings. The van der Waals surface area contributed by atoms with E-state index in [1.165, 1.54) is 7.11 Å². The number of epoxide rings is 1. The Hall–Kier alpha value is -2.47. The van der Waals surface area contributed by atoms with Crippen LogP contribution < -0.4 is 10.6 Å². The first kappa shape index (κ1) is 41.7. The van der Waals surface area contributed by atoms with E-state index in [0.29, 0.717) is 57.2 Å². The summed E-state index contributed by atoms with van der Waals surface area (Å²) in [7, 11) is 2.95. The molecule has 2 aliphatic heterocycles. The monoisotopic (exact) mass is 679 g/mol. The van der Waals surface area contributed by atoms with Crippen molar-refractivity contribution in [3.8, 4) is 0 Å². The Balaban J connectivity index is 1.78. The number of esters is 1. The highest BCUT2D eigenvalue weighted by Gasteiger charge is 2.56. The molecule has 0 bridgehead atoms. The van der Waals surface area contributed by atoms with Gasteiger partial charge >= 0.3 is 12.0 Å². The van der Waals surface area contributed by atoms with Gasteiger partial charge in [-0.15, -0.1) is 0 Å². The van der Waals surface area contributed by atoms with Crippen LogP contribution in [0, 0.1) is 17.8 Å². The molecule has 0 radical (unpaired) electrons. The first-order valence-electron chi connectivity index (χ1n) is 18.0. The molecule has 3 N–H and O–H groups in total. The number of nitrogens with zero attached hydrogens (tertiary/aromatic N) is 1. The molecule has 11 heteroatoms. The molecule has 0 spiro atoms. The second-order valence-electron chi connectivity index (χ2n) is 14.1. The second kappa shape index (κ2) is 20.3. The lowest BCUT2D eigenvalue weighted by atomic mass is 9.85. The summed E-state index contributed by atoms with van der Waals surface area (Å²) in [6.07, 6.45) is 10.3. The van der Waals surface area contributed by atoms with Crippen LogP contribution in [0.15, 0.2) is 23.8 Å². The molecule has 48 heavy (non-hydrogen) atoms. The van der Waals surface area contributed by atoms with Crippen molar-refractivity contribution in [2.75, 3.05) is 33.9 Å². The number of rotatable bonds is 20.